The lowest BCUT2D eigenvalue weighted by Gasteiger charge is -2.22. The number of nitriles is 1. The van der Waals surface area contributed by atoms with Gasteiger partial charge in [0.2, 0.25) is 5.89 Å². The van der Waals surface area contributed by atoms with Crippen LogP contribution in [0.2, 0.25) is 0 Å². The first-order valence-corrected chi connectivity index (χ1v) is 9.16. The van der Waals surface area contributed by atoms with Gasteiger partial charge in [0.15, 0.2) is 18.1 Å². The molecule has 1 heterocycles. The number of benzene rings is 2. The van der Waals surface area contributed by atoms with Gasteiger partial charge in [-0.1, -0.05) is 23.3 Å². The van der Waals surface area contributed by atoms with Crippen LogP contribution >= 0.6 is 0 Å². The summed E-state index contributed by atoms with van der Waals surface area (Å²) in [5.41, 5.74) is 5.53. The molecule has 0 unspecified atom stereocenters. The van der Waals surface area contributed by atoms with Crippen molar-refractivity contribution in [3.8, 4) is 17.6 Å². The second kappa shape index (κ2) is 9.86. The zero-order valence-corrected chi connectivity index (χ0v) is 16.7. The van der Waals surface area contributed by atoms with Crippen LogP contribution < -0.4 is 15.2 Å². The van der Waals surface area contributed by atoms with Crippen molar-refractivity contribution in [1.29, 1.82) is 5.26 Å². The van der Waals surface area contributed by atoms with Crippen LogP contribution in [0.5, 0.6) is 11.5 Å². The lowest BCUT2D eigenvalue weighted by atomic mass is 10.1. The summed E-state index contributed by atoms with van der Waals surface area (Å²) in [6.07, 6.45) is -4.96. The fourth-order valence-corrected chi connectivity index (χ4v) is 2.69. The number of hydrogen-bond acceptors (Lipinski definition) is 8. The van der Waals surface area contributed by atoms with E-state index in [0.29, 0.717) is 0 Å². The van der Waals surface area contributed by atoms with E-state index in [-0.39, 0.29) is 41.9 Å². The van der Waals surface area contributed by atoms with Gasteiger partial charge in [-0.05, 0) is 24.3 Å². The van der Waals surface area contributed by atoms with Gasteiger partial charge in [0.25, 0.3) is 5.91 Å². The van der Waals surface area contributed by atoms with Crippen molar-refractivity contribution < 1.29 is 36.2 Å². The molecule has 3 rings (SSSR count). The van der Waals surface area contributed by atoms with Gasteiger partial charge in [0, 0.05) is 12.1 Å². The normalized spacial score (nSPS) is 11.0. The number of nitrogen functional groups attached to an aromatic ring is 1. The van der Waals surface area contributed by atoms with E-state index in [2.05, 4.69) is 14.9 Å². The van der Waals surface area contributed by atoms with Crippen molar-refractivity contribution in [1.82, 2.24) is 15.1 Å². The second-order valence-electron chi connectivity index (χ2n) is 6.49. The average Bonchev–Trinajstić information content (AvgIpc) is 3.17. The molecule has 0 spiro atoms. The van der Waals surface area contributed by atoms with Gasteiger partial charge in [0.05, 0.1) is 18.2 Å². The third kappa shape index (κ3) is 6.57. The first-order valence-electron chi connectivity index (χ1n) is 9.16. The lowest BCUT2D eigenvalue weighted by Crippen LogP contribution is -2.34. The van der Waals surface area contributed by atoms with Crippen LogP contribution in [-0.2, 0) is 17.9 Å². The van der Waals surface area contributed by atoms with E-state index in [9.17, 15) is 22.4 Å². The lowest BCUT2D eigenvalue weighted by molar-refractivity contribution is -0.275. The summed E-state index contributed by atoms with van der Waals surface area (Å²) >= 11 is 0. The van der Waals surface area contributed by atoms with Crippen LogP contribution in [0.4, 0.5) is 23.6 Å². The summed E-state index contributed by atoms with van der Waals surface area (Å²) in [6.45, 7) is -1.28. The number of halogens is 4. The summed E-state index contributed by atoms with van der Waals surface area (Å²) < 4.78 is 66.3. The van der Waals surface area contributed by atoms with Gasteiger partial charge in [-0.15, -0.1) is 18.3 Å². The fraction of sp³-hybridized carbons (Fsp3) is 0.200. The van der Waals surface area contributed by atoms with E-state index < -0.39 is 30.4 Å². The Hall–Kier alpha value is -4.34. The Kier molecular flexibility index (Phi) is 6.97. The zero-order valence-electron chi connectivity index (χ0n) is 16.7. The quantitative estimate of drug-likeness (QED) is 0.503. The van der Waals surface area contributed by atoms with Gasteiger partial charge in [-0.2, -0.15) is 5.26 Å². The summed E-state index contributed by atoms with van der Waals surface area (Å²) in [7, 11) is 0. The maximum absolute atomic E-state index is 14.4. The fourth-order valence-electron chi connectivity index (χ4n) is 2.69. The van der Waals surface area contributed by atoms with Crippen molar-refractivity contribution >= 4 is 11.9 Å². The van der Waals surface area contributed by atoms with Crippen LogP contribution in [0.25, 0.3) is 0 Å². The molecule has 172 valence electrons. The van der Waals surface area contributed by atoms with Crippen LogP contribution in [0.1, 0.15) is 17.0 Å². The number of nitrogens with zero attached hydrogens (tertiary/aromatic N) is 4. The van der Waals surface area contributed by atoms with Crippen molar-refractivity contribution in [2.75, 3.05) is 12.3 Å². The summed E-state index contributed by atoms with van der Waals surface area (Å²) in [5, 5.41) is 16.0. The number of carbonyl (C=O) groups excluding carboxylic acids is 1. The number of rotatable bonds is 8. The van der Waals surface area contributed by atoms with E-state index in [4.69, 9.17) is 20.1 Å². The Morgan fingerprint density at radius 3 is 2.48 bits per heavy atom. The number of anilines is 1. The van der Waals surface area contributed by atoms with Crippen molar-refractivity contribution in [3.05, 3.63) is 65.3 Å². The number of ether oxygens (including phenoxy) is 2. The molecule has 13 heteroatoms. The Morgan fingerprint density at radius 1 is 1.15 bits per heavy atom. The number of amides is 1. The zero-order chi connectivity index (χ0) is 24.0. The Morgan fingerprint density at radius 2 is 1.88 bits per heavy atom. The maximum atomic E-state index is 14.4. The number of aromatic nitrogens is 2. The highest BCUT2D eigenvalue weighted by Gasteiger charge is 2.32. The molecule has 33 heavy (non-hydrogen) atoms. The van der Waals surface area contributed by atoms with Gasteiger partial charge < -0.3 is 24.5 Å². The molecule has 9 nitrogen and oxygen atoms in total. The second-order valence-corrected chi connectivity index (χ2v) is 6.49. The molecule has 0 aliphatic heterocycles. The Bertz CT molecular complexity index is 1180. The molecule has 0 saturated heterocycles. The Labute approximate surface area is 183 Å². The molecule has 0 fully saturated rings. The standard InChI is InChI=1S/C20H15F4N5O4/c21-14-7-12(8-25)5-6-13(14)9-29(10-17-27-28-19(26)32-17)18(30)11-31-15-3-1-2-4-16(15)33-20(22,23)24/h1-7H,9-11H2,(H2,26,28). The molecular formula is C20H15F4N5O4. The minimum absolute atomic E-state index is 0.0595. The number of nitrogens with two attached hydrogens (primary N) is 1. The van der Waals surface area contributed by atoms with Crippen molar-refractivity contribution in [2.45, 2.75) is 19.5 Å². The monoisotopic (exact) mass is 465 g/mol. The van der Waals surface area contributed by atoms with Crippen molar-refractivity contribution in [2.24, 2.45) is 0 Å². The van der Waals surface area contributed by atoms with Gasteiger partial charge in [-0.25, -0.2) is 4.39 Å². The highest BCUT2D eigenvalue weighted by molar-refractivity contribution is 5.77. The molecule has 0 aliphatic carbocycles. The number of alkyl halides is 3. The number of para-hydroxylation sites is 2. The molecule has 1 aromatic heterocycles. The third-order valence-corrected chi connectivity index (χ3v) is 4.13. The molecule has 3 aromatic rings. The largest absolute Gasteiger partial charge is 0.573 e. The highest BCUT2D eigenvalue weighted by Crippen LogP contribution is 2.31. The summed E-state index contributed by atoms with van der Waals surface area (Å²) in [4.78, 5) is 13.9. The molecule has 0 radical (unpaired) electrons. The predicted octanol–water partition coefficient (Wildman–Crippen LogP) is 3.17. The minimum Gasteiger partial charge on any atom is -0.480 e. The topological polar surface area (TPSA) is 128 Å². The maximum Gasteiger partial charge on any atom is 0.573 e. The number of hydrogen-bond donors (Lipinski definition) is 1. The highest BCUT2D eigenvalue weighted by atomic mass is 19.4. The van der Waals surface area contributed by atoms with E-state index in [1.807, 2.05) is 0 Å². The van der Waals surface area contributed by atoms with Crippen LogP contribution in [0.3, 0.4) is 0 Å². The first kappa shape index (κ1) is 23.3. The first-order chi connectivity index (χ1) is 15.6. The number of carbonyl (C=O) groups is 1. The average molecular weight is 465 g/mol. The minimum atomic E-state index is -4.96. The molecule has 0 saturated carbocycles. The van der Waals surface area contributed by atoms with Crippen molar-refractivity contribution in [3.63, 3.8) is 0 Å². The summed E-state index contributed by atoms with van der Waals surface area (Å²) in [5.74, 6) is -2.49. The Balaban J connectivity index is 1.78. The van der Waals surface area contributed by atoms with E-state index in [1.165, 1.54) is 30.3 Å². The molecule has 2 aromatic carbocycles. The van der Waals surface area contributed by atoms with Crippen LogP contribution in [0.15, 0.2) is 46.9 Å². The molecule has 2 N–H and O–H groups in total. The smallest absolute Gasteiger partial charge is 0.480 e. The van der Waals surface area contributed by atoms with Crippen LogP contribution in [-0.4, -0.2) is 34.0 Å². The van der Waals surface area contributed by atoms with Gasteiger partial charge in [-0.3, -0.25) is 4.79 Å². The summed E-state index contributed by atoms with van der Waals surface area (Å²) in [6, 6.07) is 10.2. The van der Waals surface area contributed by atoms with Gasteiger partial charge >= 0.3 is 12.4 Å². The molecule has 1 amide bonds. The molecule has 0 aliphatic rings. The van der Waals surface area contributed by atoms with Gasteiger partial charge in [0.1, 0.15) is 5.82 Å². The van der Waals surface area contributed by atoms with E-state index in [1.54, 1.807) is 6.07 Å². The molecular weight excluding hydrogens is 450 g/mol. The third-order valence-electron chi connectivity index (χ3n) is 4.13. The predicted molar refractivity (Wildman–Crippen MR) is 103 cm³/mol. The molecule has 0 atom stereocenters. The van der Waals surface area contributed by atoms with E-state index in [0.717, 1.165) is 17.0 Å². The van der Waals surface area contributed by atoms with E-state index >= 15 is 0 Å². The molecule has 0 bridgehead atoms. The SMILES string of the molecule is N#Cc1ccc(CN(Cc2nnc(N)o2)C(=O)COc2ccccc2OC(F)(F)F)c(F)c1. The van der Waals surface area contributed by atoms with Crippen LogP contribution in [0, 0.1) is 17.1 Å².